The van der Waals surface area contributed by atoms with Crippen molar-refractivity contribution in [3.05, 3.63) is 21.9 Å². The molecule has 2 heterocycles. The highest BCUT2D eigenvalue weighted by atomic mass is 32.1. The predicted octanol–water partition coefficient (Wildman–Crippen LogP) is 2.21. The molecule has 2 atom stereocenters. The van der Waals surface area contributed by atoms with Gasteiger partial charge in [-0.1, -0.05) is 6.92 Å². The van der Waals surface area contributed by atoms with Gasteiger partial charge in [0.15, 0.2) is 0 Å². The molecule has 4 heteroatoms. The minimum Gasteiger partial charge on any atom is -0.481 e. The van der Waals surface area contributed by atoms with Crippen molar-refractivity contribution in [3.8, 4) is 0 Å². The summed E-state index contributed by atoms with van der Waals surface area (Å²) in [5, 5.41) is 11.2. The van der Waals surface area contributed by atoms with Crippen LogP contribution >= 0.6 is 11.3 Å². The molecule has 0 radical (unpaired) electrons. The van der Waals surface area contributed by atoms with E-state index in [1.54, 1.807) is 11.3 Å². The van der Waals surface area contributed by atoms with E-state index in [0.717, 1.165) is 13.1 Å². The number of aliphatic carboxylic acids is 1. The Hall–Kier alpha value is -0.870. The van der Waals surface area contributed by atoms with Crippen molar-refractivity contribution in [1.29, 1.82) is 0 Å². The van der Waals surface area contributed by atoms with E-state index in [1.165, 1.54) is 10.4 Å². The lowest BCUT2D eigenvalue weighted by atomic mass is 9.99. The summed E-state index contributed by atoms with van der Waals surface area (Å²) in [5.41, 5.74) is 1.32. The maximum Gasteiger partial charge on any atom is 0.308 e. The molecule has 1 aromatic heterocycles. The van der Waals surface area contributed by atoms with Gasteiger partial charge in [0.05, 0.1) is 5.92 Å². The van der Waals surface area contributed by atoms with Crippen molar-refractivity contribution < 1.29 is 9.90 Å². The molecule has 0 spiro atoms. The highest BCUT2D eigenvalue weighted by molar-refractivity contribution is 7.10. The fraction of sp³-hybridized carbons (Fsp3) is 0.583. The fourth-order valence-corrected chi connectivity index (χ4v) is 3.23. The van der Waals surface area contributed by atoms with Crippen LogP contribution in [0.2, 0.25) is 0 Å². The molecule has 0 aromatic carbocycles. The third-order valence-electron chi connectivity index (χ3n) is 3.34. The molecule has 3 nitrogen and oxygen atoms in total. The van der Waals surface area contributed by atoms with E-state index >= 15 is 0 Å². The standard InChI is InChI=1S/C12H17NO2S/c1-8-3-4-16-11(8)7-13-5-9(2)10(6-13)12(14)15/h3-4,9-10H,5-7H2,1-2H3,(H,14,15). The quantitative estimate of drug-likeness (QED) is 0.879. The van der Waals surface area contributed by atoms with Crippen LogP contribution in [0.1, 0.15) is 17.4 Å². The summed E-state index contributed by atoms with van der Waals surface area (Å²) < 4.78 is 0. The Balaban J connectivity index is 1.99. The van der Waals surface area contributed by atoms with E-state index in [0.29, 0.717) is 6.54 Å². The smallest absolute Gasteiger partial charge is 0.308 e. The number of carboxylic acid groups (broad SMARTS) is 1. The lowest BCUT2D eigenvalue weighted by Gasteiger charge is -2.14. The van der Waals surface area contributed by atoms with Crippen molar-refractivity contribution in [2.45, 2.75) is 20.4 Å². The van der Waals surface area contributed by atoms with Crippen molar-refractivity contribution in [3.63, 3.8) is 0 Å². The fourth-order valence-electron chi connectivity index (χ4n) is 2.29. The second-order valence-corrected chi connectivity index (χ2v) is 5.64. The van der Waals surface area contributed by atoms with Crippen LogP contribution in [-0.2, 0) is 11.3 Å². The van der Waals surface area contributed by atoms with Crippen LogP contribution in [0.4, 0.5) is 0 Å². The third kappa shape index (κ3) is 2.28. The minimum absolute atomic E-state index is 0.194. The Bertz CT molecular complexity index is 388. The van der Waals surface area contributed by atoms with Gasteiger partial charge in [0.25, 0.3) is 0 Å². The second-order valence-electron chi connectivity index (χ2n) is 4.64. The number of carboxylic acids is 1. The van der Waals surface area contributed by atoms with Crippen molar-refractivity contribution in [2.75, 3.05) is 13.1 Å². The molecular weight excluding hydrogens is 222 g/mol. The van der Waals surface area contributed by atoms with Crippen LogP contribution in [0, 0.1) is 18.8 Å². The van der Waals surface area contributed by atoms with Gasteiger partial charge in [-0.2, -0.15) is 0 Å². The van der Waals surface area contributed by atoms with Crippen LogP contribution in [0.25, 0.3) is 0 Å². The van der Waals surface area contributed by atoms with Crippen LogP contribution in [-0.4, -0.2) is 29.1 Å². The summed E-state index contributed by atoms with van der Waals surface area (Å²) in [6, 6.07) is 2.12. The molecule has 1 saturated heterocycles. The lowest BCUT2D eigenvalue weighted by molar-refractivity contribution is -0.142. The molecule has 1 fully saturated rings. The number of hydrogen-bond donors (Lipinski definition) is 1. The van der Waals surface area contributed by atoms with Crippen molar-refractivity contribution in [2.24, 2.45) is 11.8 Å². The number of rotatable bonds is 3. The van der Waals surface area contributed by atoms with E-state index in [-0.39, 0.29) is 11.8 Å². The molecule has 16 heavy (non-hydrogen) atoms. The van der Waals surface area contributed by atoms with E-state index in [9.17, 15) is 4.79 Å². The maximum atomic E-state index is 11.0. The molecule has 2 unspecified atom stereocenters. The summed E-state index contributed by atoms with van der Waals surface area (Å²) in [7, 11) is 0. The molecule has 0 saturated carbocycles. The zero-order chi connectivity index (χ0) is 11.7. The monoisotopic (exact) mass is 239 g/mol. The van der Waals surface area contributed by atoms with Gasteiger partial charge in [-0.25, -0.2) is 0 Å². The Morgan fingerprint density at radius 3 is 2.88 bits per heavy atom. The van der Waals surface area contributed by atoms with Gasteiger partial charge < -0.3 is 5.11 Å². The lowest BCUT2D eigenvalue weighted by Crippen LogP contribution is -2.23. The first-order valence-electron chi connectivity index (χ1n) is 5.56. The Labute approximate surface area is 99.7 Å². The predicted molar refractivity (Wildman–Crippen MR) is 64.6 cm³/mol. The van der Waals surface area contributed by atoms with Gasteiger partial charge >= 0.3 is 5.97 Å². The SMILES string of the molecule is Cc1ccsc1CN1CC(C)C(C(=O)O)C1. The summed E-state index contributed by atoms with van der Waals surface area (Å²) in [6.45, 7) is 6.62. The Kier molecular flexibility index (Phi) is 3.30. The van der Waals surface area contributed by atoms with Crippen molar-refractivity contribution in [1.82, 2.24) is 4.90 Å². The minimum atomic E-state index is -0.655. The second kappa shape index (κ2) is 4.55. The Morgan fingerprint density at radius 1 is 1.62 bits per heavy atom. The van der Waals surface area contributed by atoms with Gasteiger partial charge in [0.1, 0.15) is 0 Å². The summed E-state index contributed by atoms with van der Waals surface area (Å²) in [5.74, 6) is -0.587. The van der Waals surface area contributed by atoms with Gasteiger partial charge in [-0.15, -0.1) is 11.3 Å². The topological polar surface area (TPSA) is 40.5 Å². The normalized spacial score (nSPS) is 26.1. The van der Waals surface area contributed by atoms with E-state index < -0.39 is 5.97 Å². The number of likely N-dealkylation sites (tertiary alicyclic amines) is 1. The first-order chi connectivity index (χ1) is 7.58. The molecule has 1 aliphatic heterocycles. The van der Waals surface area contributed by atoms with Gasteiger partial charge in [0, 0.05) is 24.5 Å². The molecule has 1 aromatic rings. The summed E-state index contributed by atoms with van der Waals surface area (Å²) >= 11 is 1.76. The zero-order valence-electron chi connectivity index (χ0n) is 9.64. The molecule has 0 bridgehead atoms. The van der Waals surface area contributed by atoms with E-state index in [2.05, 4.69) is 23.3 Å². The van der Waals surface area contributed by atoms with Crippen LogP contribution < -0.4 is 0 Å². The van der Waals surface area contributed by atoms with Crippen LogP contribution in [0.15, 0.2) is 11.4 Å². The highest BCUT2D eigenvalue weighted by Crippen LogP contribution is 2.26. The zero-order valence-corrected chi connectivity index (χ0v) is 10.5. The van der Waals surface area contributed by atoms with E-state index in [1.807, 2.05) is 6.92 Å². The number of carbonyl (C=O) groups is 1. The summed E-state index contributed by atoms with van der Waals surface area (Å²) in [6.07, 6.45) is 0. The van der Waals surface area contributed by atoms with E-state index in [4.69, 9.17) is 5.11 Å². The first-order valence-corrected chi connectivity index (χ1v) is 6.44. The third-order valence-corrected chi connectivity index (χ3v) is 4.35. The number of aryl methyl sites for hydroxylation is 1. The average molecular weight is 239 g/mol. The number of thiophene rings is 1. The van der Waals surface area contributed by atoms with Crippen LogP contribution in [0.5, 0.6) is 0 Å². The van der Waals surface area contributed by atoms with Crippen molar-refractivity contribution >= 4 is 17.3 Å². The molecule has 1 aliphatic rings. The largest absolute Gasteiger partial charge is 0.481 e. The maximum absolute atomic E-state index is 11.0. The molecule has 88 valence electrons. The molecule has 0 amide bonds. The number of nitrogens with zero attached hydrogens (tertiary/aromatic N) is 1. The molecule has 1 N–H and O–H groups in total. The van der Waals surface area contributed by atoms with Gasteiger partial charge in [0.2, 0.25) is 0 Å². The average Bonchev–Trinajstić information content (AvgIpc) is 2.75. The first kappa shape index (κ1) is 11.6. The Morgan fingerprint density at radius 2 is 2.38 bits per heavy atom. The van der Waals surface area contributed by atoms with Gasteiger partial charge in [-0.3, -0.25) is 9.69 Å². The molecular formula is C12H17NO2S. The van der Waals surface area contributed by atoms with Crippen LogP contribution in [0.3, 0.4) is 0 Å². The van der Waals surface area contributed by atoms with Gasteiger partial charge in [-0.05, 0) is 29.9 Å². The highest BCUT2D eigenvalue weighted by Gasteiger charge is 2.34. The number of hydrogen-bond acceptors (Lipinski definition) is 3. The summed E-state index contributed by atoms with van der Waals surface area (Å²) in [4.78, 5) is 14.6. The molecule has 2 rings (SSSR count). The molecule has 0 aliphatic carbocycles.